The number of carbonyl (C=O) groups is 2. The number of nitrogens with zero attached hydrogens (tertiary/aromatic N) is 2. The van der Waals surface area contributed by atoms with Crippen LogP contribution in [0.4, 0.5) is 5.69 Å². The molecule has 1 saturated heterocycles. The van der Waals surface area contributed by atoms with Gasteiger partial charge in [-0.1, -0.05) is 29.8 Å². The minimum absolute atomic E-state index is 0.0530. The van der Waals surface area contributed by atoms with E-state index >= 15 is 0 Å². The molecule has 31 heavy (non-hydrogen) atoms. The van der Waals surface area contributed by atoms with E-state index in [0.29, 0.717) is 23.6 Å². The number of rotatable bonds is 6. The van der Waals surface area contributed by atoms with Crippen LogP contribution in [-0.4, -0.2) is 48.5 Å². The Morgan fingerprint density at radius 2 is 1.77 bits per heavy atom. The molecule has 2 N–H and O–H groups in total. The number of nitrogens with one attached hydrogen (secondary N) is 2. The molecule has 8 heteroatoms. The van der Waals surface area contributed by atoms with Crippen molar-refractivity contribution in [2.24, 2.45) is 0 Å². The summed E-state index contributed by atoms with van der Waals surface area (Å²) in [7, 11) is 3.09. The number of hydrazine groups is 1. The Morgan fingerprint density at radius 1 is 1.10 bits per heavy atom. The molecule has 0 saturated carbocycles. The predicted molar refractivity (Wildman–Crippen MR) is 116 cm³/mol. The maximum absolute atomic E-state index is 13.0. The molecule has 0 aliphatic carbocycles. The Balaban J connectivity index is 1.40. The summed E-state index contributed by atoms with van der Waals surface area (Å²) in [6.45, 7) is 1.97. The van der Waals surface area contributed by atoms with Crippen LogP contribution in [0.1, 0.15) is 23.6 Å². The number of amides is 2. The number of methoxy groups -OCH3 is 2. The van der Waals surface area contributed by atoms with E-state index < -0.39 is 0 Å². The summed E-state index contributed by atoms with van der Waals surface area (Å²) < 4.78 is 10.5. The van der Waals surface area contributed by atoms with Crippen molar-refractivity contribution < 1.29 is 19.1 Å². The summed E-state index contributed by atoms with van der Waals surface area (Å²) in [5, 5.41) is 4.63. The van der Waals surface area contributed by atoms with Crippen molar-refractivity contribution in [2.75, 3.05) is 26.1 Å². The van der Waals surface area contributed by atoms with Crippen molar-refractivity contribution in [1.82, 2.24) is 15.3 Å². The summed E-state index contributed by atoms with van der Waals surface area (Å²) >= 11 is 0. The molecule has 0 aromatic heterocycles. The molecule has 2 amide bonds. The van der Waals surface area contributed by atoms with Crippen LogP contribution in [0.5, 0.6) is 11.5 Å². The molecule has 2 atom stereocenters. The maximum Gasteiger partial charge on any atom is 0.251 e. The average Bonchev–Trinajstić information content (AvgIpc) is 3.21. The molecule has 0 spiro atoms. The monoisotopic (exact) mass is 422 g/mol. The van der Waals surface area contributed by atoms with Crippen molar-refractivity contribution in [1.29, 1.82) is 0 Å². The lowest BCUT2D eigenvalue weighted by molar-refractivity contribution is -0.137. The lowest BCUT2D eigenvalue weighted by atomic mass is 10.00. The van der Waals surface area contributed by atoms with Crippen LogP contribution in [0.2, 0.25) is 0 Å². The van der Waals surface area contributed by atoms with E-state index in [1.165, 1.54) is 10.5 Å². The minimum atomic E-state index is -0.346. The third-order valence-corrected chi connectivity index (χ3v) is 5.50. The SMILES string of the molecule is COc1cc(NC(=O)CN2C=CN3NC(c4ccc(C)cc4)CC3C2=O)cc(OC)c1. The quantitative estimate of drug-likeness (QED) is 0.745. The molecule has 8 nitrogen and oxygen atoms in total. The number of anilines is 1. The van der Waals surface area contributed by atoms with Crippen molar-refractivity contribution in [3.05, 3.63) is 66.0 Å². The zero-order chi connectivity index (χ0) is 22.0. The van der Waals surface area contributed by atoms with Crippen molar-refractivity contribution in [2.45, 2.75) is 25.4 Å². The first-order valence-electron chi connectivity index (χ1n) is 10.1. The second-order valence-corrected chi connectivity index (χ2v) is 7.66. The van der Waals surface area contributed by atoms with Crippen molar-refractivity contribution in [3.63, 3.8) is 0 Å². The molecule has 2 aliphatic heterocycles. The van der Waals surface area contributed by atoms with E-state index in [4.69, 9.17) is 9.47 Å². The van der Waals surface area contributed by atoms with Gasteiger partial charge in [0, 0.05) is 36.3 Å². The zero-order valence-corrected chi connectivity index (χ0v) is 17.8. The highest BCUT2D eigenvalue weighted by Gasteiger charge is 2.40. The van der Waals surface area contributed by atoms with Crippen LogP contribution in [0.15, 0.2) is 54.9 Å². The van der Waals surface area contributed by atoms with Crippen LogP contribution in [0.3, 0.4) is 0 Å². The number of hydrogen-bond donors (Lipinski definition) is 2. The number of carbonyl (C=O) groups excluding carboxylic acids is 2. The first-order valence-corrected chi connectivity index (χ1v) is 10.1. The molecule has 2 aromatic rings. The largest absolute Gasteiger partial charge is 0.497 e. The van der Waals surface area contributed by atoms with Gasteiger partial charge in [0.05, 0.1) is 20.3 Å². The number of aryl methyl sites for hydroxylation is 1. The van der Waals surface area contributed by atoms with Gasteiger partial charge in [-0.15, -0.1) is 0 Å². The normalized spacial score (nSPS) is 19.9. The van der Waals surface area contributed by atoms with E-state index in [1.807, 2.05) is 18.1 Å². The van der Waals surface area contributed by atoms with Crippen LogP contribution in [-0.2, 0) is 9.59 Å². The summed E-state index contributed by atoms with van der Waals surface area (Å²) in [6.07, 6.45) is 4.08. The molecule has 162 valence electrons. The smallest absolute Gasteiger partial charge is 0.251 e. The van der Waals surface area contributed by atoms with Gasteiger partial charge in [0.1, 0.15) is 24.1 Å². The summed E-state index contributed by atoms with van der Waals surface area (Å²) in [5.74, 6) is 0.725. The van der Waals surface area contributed by atoms with E-state index in [-0.39, 0.29) is 30.4 Å². The first-order chi connectivity index (χ1) is 15.0. The highest BCUT2D eigenvalue weighted by Crippen LogP contribution is 2.31. The third-order valence-electron chi connectivity index (χ3n) is 5.50. The van der Waals surface area contributed by atoms with Crippen LogP contribution < -0.4 is 20.2 Å². The van der Waals surface area contributed by atoms with E-state index in [0.717, 1.165) is 5.56 Å². The van der Waals surface area contributed by atoms with Crippen molar-refractivity contribution >= 4 is 17.5 Å². The molecule has 2 aliphatic rings. The van der Waals surface area contributed by atoms with Gasteiger partial charge < -0.3 is 24.7 Å². The summed E-state index contributed by atoms with van der Waals surface area (Å²) in [4.78, 5) is 27.0. The van der Waals surface area contributed by atoms with E-state index in [2.05, 4.69) is 35.0 Å². The van der Waals surface area contributed by atoms with Crippen molar-refractivity contribution in [3.8, 4) is 11.5 Å². The Hall–Kier alpha value is -3.52. The molecule has 2 heterocycles. The van der Waals surface area contributed by atoms with Gasteiger partial charge in [-0.2, -0.15) is 0 Å². The van der Waals surface area contributed by atoms with E-state index in [9.17, 15) is 9.59 Å². The molecule has 2 unspecified atom stereocenters. The van der Waals surface area contributed by atoms with Crippen LogP contribution in [0.25, 0.3) is 0 Å². The highest BCUT2D eigenvalue weighted by molar-refractivity contribution is 5.96. The molecule has 1 fully saturated rings. The second kappa shape index (κ2) is 8.69. The molecule has 2 aromatic carbocycles. The van der Waals surface area contributed by atoms with E-state index in [1.54, 1.807) is 38.6 Å². The second-order valence-electron chi connectivity index (χ2n) is 7.66. The standard InChI is InChI=1S/C23H26N4O4/c1-15-4-6-16(7-5-15)20-13-21-23(29)26(8-9-27(21)25-20)14-22(28)24-17-10-18(30-2)12-19(11-17)31-3/h4-12,20-21,25H,13-14H2,1-3H3,(H,24,28). The number of hydrogen-bond acceptors (Lipinski definition) is 6. The lowest BCUT2D eigenvalue weighted by Crippen LogP contribution is -2.49. The van der Waals surface area contributed by atoms with Gasteiger partial charge in [-0.05, 0) is 18.9 Å². The number of benzene rings is 2. The number of fused-ring (bicyclic) bond motifs is 1. The van der Waals surface area contributed by atoms with Gasteiger partial charge in [0.25, 0.3) is 5.91 Å². The fourth-order valence-electron chi connectivity index (χ4n) is 3.82. The Bertz CT molecular complexity index is 983. The maximum atomic E-state index is 13.0. The third kappa shape index (κ3) is 4.49. The topological polar surface area (TPSA) is 83.1 Å². The predicted octanol–water partition coefficient (Wildman–Crippen LogP) is 2.58. The zero-order valence-electron chi connectivity index (χ0n) is 17.8. The van der Waals surface area contributed by atoms with Crippen LogP contribution in [0, 0.1) is 6.92 Å². The summed E-state index contributed by atoms with van der Waals surface area (Å²) in [6, 6.07) is 13.1. The lowest BCUT2D eigenvalue weighted by Gasteiger charge is -2.31. The van der Waals surface area contributed by atoms with Crippen LogP contribution >= 0.6 is 0 Å². The van der Waals surface area contributed by atoms with Gasteiger partial charge in [-0.3, -0.25) is 9.59 Å². The molecule has 0 radical (unpaired) electrons. The first kappa shape index (κ1) is 20.7. The molecular formula is C23H26N4O4. The number of ether oxygens (including phenoxy) is 2. The Morgan fingerprint density at radius 3 is 2.42 bits per heavy atom. The Labute approximate surface area is 181 Å². The average molecular weight is 422 g/mol. The van der Waals surface area contributed by atoms with Gasteiger partial charge in [0.15, 0.2) is 0 Å². The fourth-order valence-corrected chi connectivity index (χ4v) is 3.82. The van der Waals surface area contributed by atoms with Gasteiger partial charge in [0.2, 0.25) is 5.91 Å². The molecular weight excluding hydrogens is 396 g/mol. The van der Waals surface area contributed by atoms with Gasteiger partial charge >= 0.3 is 0 Å². The minimum Gasteiger partial charge on any atom is -0.497 e. The molecule has 4 rings (SSSR count). The van der Waals surface area contributed by atoms with Gasteiger partial charge in [-0.25, -0.2) is 5.43 Å². The summed E-state index contributed by atoms with van der Waals surface area (Å²) in [5.41, 5.74) is 6.24. The molecule has 0 bridgehead atoms. The Kier molecular flexibility index (Phi) is 5.81. The highest BCUT2D eigenvalue weighted by atomic mass is 16.5. The fraction of sp³-hybridized carbons (Fsp3) is 0.304.